The predicted octanol–water partition coefficient (Wildman–Crippen LogP) is 3.17. The molecule has 3 N–H and O–H groups in total. The van der Waals surface area contributed by atoms with Crippen molar-refractivity contribution in [3.63, 3.8) is 0 Å². The van der Waals surface area contributed by atoms with Gasteiger partial charge in [-0.2, -0.15) is 15.0 Å². The molecule has 1 aromatic heterocycles. The summed E-state index contributed by atoms with van der Waals surface area (Å²) in [6.07, 6.45) is -0.0661. The van der Waals surface area contributed by atoms with Gasteiger partial charge in [-0.05, 0) is 37.2 Å². The highest BCUT2D eigenvalue weighted by molar-refractivity contribution is 5.58. The number of hydrogen-bond donors (Lipinski definition) is 2. The first-order valence-electron chi connectivity index (χ1n) is 10.0. The normalized spacial score (nSPS) is 15.2. The van der Waals surface area contributed by atoms with Crippen LogP contribution < -0.4 is 20.5 Å². The molecule has 2 heterocycles. The number of aryl methyl sites for hydroxylation is 1. The Morgan fingerprint density at radius 1 is 1.07 bits per heavy atom. The van der Waals surface area contributed by atoms with E-state index in [9.17, 15) is 0 Å². The number of rotatable bonds is 7. The van der Waals surface area contributed by atoms with Crippen LogP contribution in [0.3, 0.4) is 0 Å². The van der Waals surface area contributed by atoms with Crippen molar-refractivity contribution < 1.29 is 9.47 Å². The molecule has 0 amide bonds. The van der Waals surface area contributed by atoms with E-state index in [4.69, 9.17) is 15.2 Å². The number of fused-ring (bicyclic) bond motifs is 1. The summed E-state index contributed by atoms with van der Waals surface area (Å²) in [7, 11) is 0. The fourth-order valence-corrected chi connectivity index (χ4v) is 3.34. The zero-order valence-electron chi connectivity index (χ0n) is 17.2. The number of para-hydroxylation sites is 3. The quantitative estimate of drug-likeness (QED) is 0.617. The molecular weight excluding hydrogens is 380 g/mol. The molecule has 1 aliphatic rings. The van der Waals surface area contributed by atoms with E-state index in [-0.39, 0.29) is 12.1 Å². The average Bonchev–Trinajstić information content (AvgIpc) is 2.74. The molecule has 0 aliphatic carbocycles. The largest absolute Gasteiger partial charge is 0.486 e. The van der Waals surface area contributed by atoms with Crippen molar-refractivity contribution in [2.75, 3.05) is 30.7 Å². The van der Waals surface area contributed by atoms with Gasteiger partial charge in [0, 0.05) is 12.2 Å². The van der Waals surface area contributed by atoms with E-state index in [0.29, 0.717) is 31.5 Å². The first-order chi connectivity index (χ1) is 14.6. The van der Waals surface area contributed by atoms with Gasteiger partial charge in [0.05, 0.1) is 6.54 Å². The lowest BCUT2D eigenvalue weighted by atomic mass is 10.2. The topological polar surface area (TPSA) is 98.4 Å². The van der Waals surface area contributed by atoms with Crippen LogP contribution >= 0.6 is 0 Å². The van der Waals surface area contributed by atoms with Gasteiger partial charge < -0.3 is 20.5 Å². The number of nitrogens with zero attached hydrogens (tertiary/aromatic N) is 4. The summed E-state index contributed by atoms with van der Waals surface area (Å²) in [5, 5.41) is 3.23. The maximum atomic E-state index is 6.08. The molecule has 0 unspecified atom stereocenters. The molecule has 3 aromatic rings. The Kier molecular flexibility index (Phi) is 5.94. The number of aromatic nitrogens is 3. The lowest BCUT2D eigenvalue weighted by molar-refractivity contribution is 0.0573. The van der Waals surface area contributed by atoms with Gasteiger partial charge in [0.25, 0.3) is 0 Å². The molecule has 2 aromatic carbocycles. The maximum absolute atomic E-state index is 6.08. The predicted molar refractivity (Wildman–Crippen MR) is 116 cm³/mol. The zero-order chi connectivity index (χ0) is 20.9. The van der Waals surface area contributed by atoms with Crippen LogP contribution in [-0.2, 0) is 6.54 Å². The third-order valence-corrected chi connectivity index (χ3v) is 4.93. The Labute approximate surface area is 176 Å². The minimum absolute atomic E-state index is 0.0661. The molecule has 1 aliphatic heterocycles. The minimum atomic E-state index is -0.0661. The van der Waals surface area contributed by atoms with E-state index in [2.05, 4.69) is 32.1 Å². The van der Waals surface area contributed by atoms with Crippen LogP contribution in [0.2, 0.25) is 0 Å². The van der Waals surface area contributed by atoms with E-state index in [1.54, 1.807) is 0 Å². The molecule has 156 valence electrons. The van der Waals surface area contributed by atoms with Crippen molar-refractivity contribution in [1.29, 1.82) is 0 Å². The molecule has 0 fully saturated rings. The van der Waals surface area contributed by atoms with Crippen LogP contribution in [0, 0.1) is 6.92 Å². The van der Waals surface area contributed by atoms with E-state index in [0.717, 1.165) is 29.3 Å². The summed E-state index contributed by atoms with van der Waals surface area (Å²) < 4.78 is 11.9. The van der Waals surface area contributed by atoms with Gasteiger partial charge in [0.2, 0.25) is 11.9 Å². The fraction of sp³-hybridized carbons (Fsp3) is 0.318. The Balaban J connectivity index is 1.43. The standard InChI is InChI=1S/C22H26N6O2/c1-3-28(12-16-14-29-18-10-6-7-11-19(18)30-16)13-20-25-21(23)27-22(26-20)24-17-9-5-4-8-15(17)2/h4-11,16H,3,12-14H2,1-2H3,(H3,23,24,25,26,27)/t16-/m1/s1. The number of ether oxygens (including phenoxy) is 2. The van der Waals surface area contributed by atoms with Crippen molar-refractivity contribution in [3.8, 4) is 11.5 Å². The molecule has 8 heteroatoms. The minimum Gasteiger partial charge on any atom is -0.486 e. The number of hydrogen-bond acceptors (Lipinski definition) is 8. The molecule has 0 saturated heterocycles. The highest BCUT2D eigenvalue weighted by atomic mass is 16.6. The monoisotopic (exact) mass is 406 g/mol. The number of nitrogen functional groups attached to an aromatic ring is 1. The summed E-state index contributed by atoms with van der Waals surface area (Å²) in [5.74, 6) is 2.80. The van der Waals surface area contributed by atoms with Crippen molar-refractivity contribution in [2.24, 2.45) is 0 Å². The molecule has 8 nitrogen and oxygen atoms in total. The molecule has 4 rings (SSSR count). The van der Waals surface area contributed by atoms with Gasteiger partial charge in [-0.15, -0.1) is 0 Å². The average molecular weight is 406 g/mol. The summed E-state index contributed by atoms with van der Waals surface area (Å²) in [6, 6.07) is 15.7. The molecular formula is C22H26N6O2. The summed E-state index contributed by atoms with van der Waals surface area (Å²) in [5.41, 5.74) is 7.98. The van der Waals surface area contributed by atoms with Crippen LogP contribution in [0.4, 0.5) is 17.6 Å². The van der Waals surface area contributed by atoms with E-state index in [1.807, 2.05) is 55.5 Å². The second-order valence-electron chi connectivity index (χ2n) is 7.20. The second kappa shape index (κ2) is 8.96. The van der Waals surface area contributed by atoms with E-state index < -0.39 is 0 Å². The van der Waals surface area contributed by atoms with Gasteiger partial charge in [-0.3, -0.25) is 4.90 Å². The van der Waals surface area contributed by atoms with Crippen molar-refractivity contribution >= 4 is 17.6 Å². The molecule has 0 bridgehead atoms. The number of likely N-dealkylation sites (N-methyl/N-ethyl adjacent to an activating group) is 1. The van der Waals surface area contributed by atoms with Crippen LogP contribution in [0.5, 0.6) is 11.5 Å². The Hall–Kier alpha value is -3.39. The van der Waals surface area contributed by atoms with Gasteiger partial charge in [0.1, 0.15) is 18.5 Å². The van der Waals surface area contributed by atoms with Crippen molar-refractivity contribution in [3.05, 3.63) is 59.9 Å². The van der Waals surface area contributed by atoms with Crippen molar-refractivity contribution in [1.82, 2.24) is 19.9 Å². The Morgan fingerprint density at radius 2 is 1.83 bits per heavy atom. The number of nitrogens with two attached hydrogens (primary N) is 1. The molecule has 0 radical (unpaired) electrons. The third-order valence-electron chi connectivity index (χ3n) is 4.93. The van der Waals surface area contributed by atoms with E-state index in [1.165, 1.54) is 0 Å². The third kappa shape index (κ3) is 4.77. The SMILES string of the molecule is CCN(Cc1nc(N)nc(Nc2ccccc2C)n1)C[C@@H]1COc2ccccc2O1. The fourth-order valence-electron chi connectivity index (χ4n) is 3.34. The molecule has 0 saturated carbocycles. The highest BCUT2D eigenvalue weighted by Gasteiger charge is 2.23. The number of anilines is 3. The highest BCUT2D eigenvalue weighted by Crippen LogP contribution is 2.31. The summed E-state index contributed by atoms with van der Waals surface area (Å²) >= 11 is 0. The van der Waals surface area contributed by atoms with Crippen LogP contribution in [-0.4, -0.2) is 45.7 Å². The van der Waals surface area contributed by atoms with Gasteiger partial charge in [-0.1, -0.05) is 37.3 Å². The Morgan fingerprint density at radius 3 is 2.63 bits per heavy atom. The lowest BCUT2D eigenvalue weighted by Gasteiger charge is -2.30. The Bertz CT molecular complexity index is 1010. The van der Waals surface area contributed by atoms with Crippen LogP contribution in [0.15, 0.2) is 48.5 Å². The van der Waals surface area contributed by atoms with Crippen LogP contribution in [0.1, 0.15) is 18.3 Å². The van der Waals surface area contributed by atoms with E-state index >= 15 is 0 Å². The second-order valence-corrected chi connectivity index (χ2v) is 7.20. The van der Waals surface area contributed by atoms with Gasteiger partial charge in [0.15, 0.2) is 11.5 Å². The summed E-state index contributed by atoms with van der Waals surface area (Å²) in [6.45, 7) is 6.66. The number of benzene rings is 2. The van der Waals surface area contributed by atoms with Gasteiger partial charge in [-0.25, -0.2) is 0 Å². The maximum Gasteiger partial charge on any atom is 0.232 e. The smallest absolute Gasteiger partial charge is 0.232 e. The number of nitrogens with one attached hydrogen (secondary N) is 1. The van der Waals surface area contributed by atoms with Gasteiger partial charge >= 0.3 is 0 Å². The van der Waals surface area contributed by atoms with Crippen molar-refractivity contribution in [2.45, 2.75) is 26.5 Å². The lowest BCUT2D eigenvalue weighted by Crippen LogP contribution is -2.41. The summed E-state index contributed by atoms with van der Waals surface area (Å²) in [4.78, 5) is 15.3. The molecule has 30 heavy (non-hydrogen) atoms. The molecule has 1 atom stereocenters. The zero-order valence-corrected chi connectivity index (χ0v) is 17.2. The first kappa shape index (κ1) is 19.9. The first-order valence-corrected chi connectivity index (χ1v) is 10.0. The molecule has 0 spiro atoms. The van der Waals surface area contributed by atoms with Crippen LogP contribution in [0.25, 0.3) is 0 Å².